The zero-order chi connectivity index (χ0) is 19.8. The van der Waals surface area contributed by atoms with Crippen molar-refractivity contribution in [3.05, 3.63) is 41.1 Å². The van der Waals surface area contributed by atoms with E-state index in [1.165, 1.54) is 11.1 Å². The summed E-state index contributed by atoms with van der Waals surface area (Å²) in [6.07, 6.45) is 0.725. The van der Waals surface area contributed by atoms with E-state index in [1.54, 1.807) is 4.90 Å². The van der Waals surface area contributed by atoms with Gasteiger partial charge in [0.15, 0.2) is 5.82 Å². The largest absolute Gasteiger partial charge is 0.324 e. The lowest BCUT2D eigenvalue weighted by Crippen LogP contribution is -2.37. The molecule has 27 heavy (non-hydrogen) atoms. The SMILES string of the molecule is Cc1cc(C)cc(-n2nc(NC(=O)N3CCS(=O)C(C)(C)CC3)cc2C)c1. The molecule has 3 rings (SSSR count). The standard InChI is InChI=1S/C20H28N4O2S/c1-14-10-15(2)12-17(11-14)24-16(3)13-18(22-24)21-19(25)23-7-6-20(4,5)27(26)9-8-23/h10-13H,6-9H2,1-5H3,(H,21,22,25). The van der Waals surface area contributed by atoms with Crippen LogP contribution in [0.1, 0.15) is 37.1 Å². The molecule has 0 bridgehead atoms. The van der Waals surface area contributed by atoms with Crippen molar-refractivity contribution in [2.75, 3.05) is 24.2 Å². The highest BCUT2D eigenvalue weighted by molar-refractivity contribution is 7.86. The van der Waals surface area contributed by atoms with Crippen molar-refractivity contribution >= 4 is 22.6 Å². The molecular weight excluding hydrogens is 360 g/mol. The minimum atomic E-state index is -0.922. The monoisotopic (exact) mass is 388 g/mol. The lowest BCUT2D eigenvalue weighted by atomic mass is 10.1. The second-order valence-electron chi connectivity index (χ2n) is 7.91. The molecule has 1 N–H and O–H groups in total. The second kappa shape index (κ2) is 7.46. The van der Waals surface area contributed by atoms with Crippen molar-refractivity contribution in [3.63, 3.8) is 0 Å². The normalized spacial score (nSPS) is 19.6. The van der Waals surface area contributed by atoms with Crippen LogP contribution in [0.15, 0.2) is 24.3 Å². The summed E-state index contributed by atoms with van der Waals surface area (Å²) in [5, 5.41) is 7.46. The highest BCUT2D eigenvalue weighted by Gasteiger charge is 2.31. The Kier molecular flexibility index (Phi) is 5.42. The van der Waals surface area contributed by atoms with Crippen molar-refractivity contribution < 1.29 is 9.00 Å². The number of nitrogens with one attached hydrogen (secondary N) is 1. The van der Waals surface area contributed by atoms with Crippen LogP contribution in [0.5, 0.6) is 0 Å². The van der Waals surface area contributed by atoms with Gasteiger partial charge in [-0.1, -0.05) is 6.07 Å². The highest BCUT2D eigenvalue weighted by atomic mass is 32.2. The maximum atomic E-state index is 12.7. The molecule has 2 aromatic rings. The number of anilines is 1. The quantitative estimate of drug-likeness (QED) is 0.855. The number of amides is 2. The fourth-order valence-electron chi connectivity index (χ4n) is 3.36. The Morgan fingerprint density at radius 1 is 1.11 bits per heavy atom. The minimum absolute atomic E-state index is 0.185. The molecule has 2 heterocycles. The molecule has 1 atom stereocenters. The number of nitrogens with zero attached hydrogens (tertiary/aromatic N) is 3. The number of hydrogen-bond acceptors (Lipinski definition) is 3. The molecule has 0 saturated carbocycles. The predicted molar refractivity (Wildman–Crippen MR) is 110 cm³/mol. The Morgan fingerprint density at radius 2 is 1.78 bits per heavy atom. The fraction of sp³-hybridized carbons (Fsp3) is 0.500. The molecule has 2 amide bonds. The number of rotatable bonds is 2. The van der Waals surface area contributed by atoms with Crippen LogP contribution < -0.4 is 5.32 Å². The van der Waals surface area contributed by atoms with Gasteiger partial charge in [0, 0.05) is 46.1 Å². The van der Waals surface area contributed by atoms with E-state index < -0.39 is 10.8 Å². The van der Waals surface area contributed by atoms with Gasteiger partial charge < -0.3 is 4.90 Å². The van der Waals surface area contributed by atoms with E-state index in [9.17, 15) is 9.00 Å². The molecule has 1 aliphatic rings. The third kappa shape index (κ3) is 4.40. The van der Waals surface area contributed by atoms with Crippen LogP contribution in [0.2, 0.25) is 0 Å². The summed E-state index contributed by atoms with van der Waals surface area (Å²) in [4.78, 5) is 14.4. The van der Waals surface area contributed by atoms with Crippen molar-refractivity contribution in [3.8, 4) is 5.69 Å². The summed E-state index contributed by atoms with van der Waals surface area (Å²) < 4.78 is 13.8. The minimum Gasteiger partial charge on any atom is -0.324 e. The fourth-order valence-corrected chi connectivity index (χ4v) is 4.62. The van der Waals surface area contributed by atoms with Gasteiger partial charge in [0.25, 0.3) is 0 Å². The van der Waals surface area contributed by atoms with E-state index in [4.69, 9.17) is 0 Å². The predicted octanol–water partition coefficient (Wildman–Crippen LogP) is 3.56. The highest BCUT2D eigenvalue weighted by Crippen LogP contribution is 2.23. The van der Waals surface area contributed by atoms with E-state index in [2.05, 4.69) is 42.5 Å². The van der Waals surface area contributed by atoms with E-state index in [0.29, 0.717) is 24.7 Å². The van der Waals surface area contributed by atoms with Gasteiger partial charge >= 0.3 is 6.03 Å². The Balaban J connectivity index is 1.75. The average Bonchev–Trinajstić information content (AvgIpc) is 2.86. The van der Waals surface area contributed by atoms with Gasteiger partial charge in [0.1, 0.15) is 0 Å². The maximum absolute atomic E-state index is 12.7. The molecule has 1 saturated heterocycles. The number of aryl methyl sites for hydroxylation is 3. The van der Waals surface area contributed by atoms with Crippen LogP contribution in [0.25, 0.3) is 5.69 Å². The molecule has 1 aromatic carbocycles. The molecule has 1 aliphatic heterocycles. The molecule has 1 fully saturated rings. The number of carbonyl (C=O) groups is 1. The van der Waals surface area contributed by atoms with Crippen LogP contribution in [0, 0.1) is 20.8 Å². The summed E-state index contributed by atoms with van der Waals surface area (Å²) in [5.41, 5.74) is 4.28. The summed E-state index contributed by atoms with van der Waals surface area (Å²) in [5.74, 6) is 1.04. The summed E-state index contributed by atoms with van der Waals surface area (Å²) in [6.45, 7) is 11.2. The number of carbonyl (C=O) groups excluding carboxylic acids is 1. The lowest BCUT2D eigenvalue weighted by molar-refractivity contribution is 0.214. The van der Waals surface area contributed by atoms with Gasteiger partial charge in [-0.3, -0.25) is 9.53 Å². The van der Waals surface area contributed by atoms with Crippen molar-refractivity contribution in [1.29, 1.82) is 0 Å². The Morgan fingerprint density at radius 3 is 2.44 bits per heavy atom. The Bertz CT molecular complexity index is 868. The number of benzene rings is 1. The first kappa shape index (κ1) is 19.6. The number of aromatic nitrogens is 2. The van der Waals surface area contributed by atoms with Gasteiger partial charge in [0.05, 0.1) is 5.69 Å². The summed E-state index contributed by atoms with van der Waals surface area (Å²) in [6, 6.07) is 7.95. The van der Waals surface area contributed by atoms with E-state index in [0.717, 1.165) is 17.8 Å². The third-order valence-corrected chi connectivity index (χ3v) is 7.00. The van der Waals surface area contributed by atoms with Gasteiger partial charge in [-0.2, -0.15) is 0 Å². The van der Waals surface area contributed by atoms with E-state index in [1.807, 2.05) is 31.5 Å². The zero-order valence-corrected chi connectivity index (χ0v) is 17.5. The van der Waals surface area contributed by atoms with Gasteiger partial charge in [-0.25, -0.2) is 9.48 Å². The Labute approximate surface area is 163 Å². The molecular formula is C20H28N4O2S. The molecule has 1 aromatic heterocycles. The maximum Gasteiger partial charge on any atom is 0.323 e. The summed E-state index contributed by atoms with van der Waals surface area (Å²) in [7, 11) is -0.922. The second-order valence-corrected chi connectivity index (χ2v) is 10.1. The van der Waals surface area contributed by atoms with E-state index >= 15 is 0 Å². The molecule has 0 radical (unpaired) electrons. The van der Waals surface area contributed by atoms with Crippen molar-refractivity contribution in [1.82, 2.24) is 14.7 Å². The average molecular weight is 389 g/mol. The molecule has 7 heteroatoms. The van der Waals surface area contributed by atoms with E-state index in [-0.39, 0.29) is 10.8 Å². The van der Waals surface area contributed by atoms with Crippen LogP contribution in [-0.2, 0) is 10.8 Å². The molecule has 1 unspecified atom stereocenters. The first-order valence-electron chi connectivity index (χ1n) is 9.25. The van der Waals surface area contributed by atoms with Crippen molar-refractivity contribution in [2.24, 2.45) is 0 Å². The molecule has 6 nitrogen and oxygen atoms in total. The third-order valence-electron chi connectivity index (χ3n) is 5.01. The number of urea groups is 1. The summed E-state index contributed by atoms with van der Waals surface area (Å²) >= 11 is 0. The van der Waals surface area contributed by atoms with Gasteiger partial charge in [-0.05, 0) is 64.3 Å². The van der Waals surface area contributed by atoms with Crippen molar-refractivity contribution in [2.45, 2.75) is 45.8 Å². The van der Waals surface area contributed by atoms with Gasteiger partial charge in [0.2, 0.25) is 0 Å². The zero-order valence-electron chi connectivity index (χ0n) is 16.7. The smallest absolute Gasteiger partial charge is 0.323 e. The molecule has 0 aliphatic carbocycles. The van der Waals surface area contributed by atoms with Gasteiger partial charge in [-0.15, -0.1) is 5.10 Å². The first-order chi connectivity index (χ1) is 12.7. The number of hydrogen-bond donors (Lipinski definition) is 1. The van der Waals surface area contributed by atoms with Crippen LogP contribution in [0.3, 0.4) is 0 Å². The van der Waals surface area contributed by atoms with Crippen LogP contribution in [0.4, 0.5) is 10.6 Å². The topological polar surface area (TPSA) is 67.2 Å². The lowest BCUT2D eigenvalue weighted by Gasteiger charge is -2.22. The first-order valence-corrected chi connectivity index (χ1v) is 10.6. The molecule has 0 spiro atoms. The van der Waals surface area contributed by atoms with Crippen LogP contribution >= 0.6 is 0 Å². The van der Waals surface area contributed by atoms with Crippen LogP contribution in [-0.4, -0.2) is 48.5 Å². The molecule has 146 valence electrons. The Hall–Kier alpha value is -2.15.